The van der Waals surface area contributed by atoms with Gasteiger partial charge >= 0.3 is 12.1 Å². The minimum atomic E-state index is -4.56. The largest absolute Gasteiger partial charge is 0.463 e. The van der Waals surface area contributed by atoms with Crippen LogP contribution in [0.2, 0.25) is 0 Å². The van der Waals surface area contributed by atoms with Crippen LogP contribution in [0.4, 0.5) is 23.2 Å². The van der Waals surface area contributed by atoms with Crippen molar-refractivity contribution in [2.24, 2.45) is 0 Å². The van der Waals surface area contributed by atoms with Crippen LogP contribution in [0.5, 0.6) is 0 Å². The Labute approximate surface area is 194 Å². The van der Waals surface area contributed by atoms with Crippen LogP contribution in [0.15, 0.2) is 53.3 Å². The van der Waals surface area contributed by atoms with Gasteiger partial charge in [-0.15, -0.1) is 11.3 Å². The molecule has 178 valence electrons. The molecule has 0 saturated heterocycles. The van der Waals surface area contributed by atoms with Crippen molar-refractivity contribution in [3.63, 3.8) is 0 Å². The van der Waals surface area contributed by atoms with Crippen LogP contribution in [-0.4, -0.2) is 23.1 Å². The third kappa shape index (κ3) is 6.41. The predicted molar refractivity (Wildman–Crippen MR) is 119 cm³/mol. The van der Waals surface area contributed by atoms with Gasteiger partial charge in [0.2, 0.25) is 5.91 Å². The number of aromatic nitrogens is 1. The summed E-state index contributed by atoms with van der Waals surface area (Å²) in [6, 6.07) is 9.52. The van der Waals surface area contributed by atoms with Crippen LogP contribution in [0, 0.1) is 5.82 Å². The number of anilines is 1. The van der Waals surface area contributed by atoms with Gasteiger partial charge in [0.05, 0.1) is 22.8 Å². The van der Waals surface area contributed by atoms with Crippen molar-refractivity contribution in [3.05, 3.63) is 85.0 Å². The molecule has 3 rings (SSSR count). The van der Waals surface area contributed by atoms with Crippen molar-refractivity contribution < 1.29 is 31.9 Å². The van der Waals surface area contributed by atoms with Crippen molar-refractivity contribution in [1.82, 2.24) is 4.57 Å². The monoisotopic (exact) mass is 494 g/mol. The highest BCUT2D eigenvalue weighted by atomic mass is 32.1. The summed E-state index contributed by atoms with van der Waals surface area (Å²) >= 11 is 0.817. The molecule has 11 heteroatoms. The van der Waals surface area contributed by atoms with E-state index in [1.54, 1.807) is 6.92 Å². The number of esters is 1. The summed E-state index contributed by atoms with van der Waals surface area (Å²) in [5, 5.41) is 2.45. The first-order chi connectivity index (χ1) is 16.1. The topological polar surface area (TPSA) is 77.4 Å². The second-order valence-electron chi connectivity index (χ2n) is 6.92. The van der Waals surface area contributed by atoms with E-state index in [-0.39, 0.29) is 27.1 Å². The highest BCUT2D eigenvalue weighted by Gasteiger charge is 2.30. The summed E-state index contributed by atoms with van der Waals surface area (Å²) in [7, 11) is 0. The van der Waals surface area contributed by atoms with E-state index in [2.05, 4.69) is 5.32 Å². The third-order valence-electron chi connectivity index (χ3n) is 4.39. The van der Waals surface area contributed by atoms with Gasteiger partial charge in [0, 0.05) is 5.69 Å². The van der Waals surface area contributed by atoms with E-state index in [4.69, 9.17) is 4.74 Å². The van der Waals surface area contributed by atoms with Crippen molar-refractivity contribution in [2.45, 2.75) is 19.6 Å². The lowest BCUT2D eigenvalue weighted by atomic mass is 10.1. The Hall–Kier alpha value is -3.73. The van der Waals surface area contributed by atoms with Gasteiger partial charge < -0.3 is 10.1 Å². The normalized spacial score (nSPS) is 12.6. The zero-order valence-electron chi connectivity index (χ0n) is 17.7. The maximum atomic E-state index is 13.4. The van der Waals surface area contributed by atoms with Crippen LogP contribution in [0.1, 0.15) is 18.1 Å². The summed E-state index contributed by atoms with van der Waals surface area (Å²) < 4.78 is 58.3. The Morgan fingerprint density at radius 1 is 1.15 bits per heavy atom. The number of amides is 1. The van der Waals surface area contributed by atoms with Crippen LogP contribution in [-0.2, 0) is 27.0 Å². The summed E-state index contributed by atoms with van der Waals surface area (Å²) in [6.07, 6.45) is -2.29. The van der Waals surface area contributed by atoms with Crippen LogP contribution < -0.4 is 20.1 Å². The standard InChI is InChI=1S/C23H18F4N2O4S/c1-2-33-21(31)12-20-29(13-19(30)28-17-8-4-7-16(24)11-17)22(32)18(34-20)10-14-5-3-6-15(9-14)23(25,26)27/h3-12H,2,13H2,1H3,(H,28,30)/b18-10-,20-12-. The number of thiazole rings is 1. The molecule has 0 aliphatic heterocycles. The number of benzene rings is 2. The highest BCUT2D eigenvalue weighted by molar-refractivity contribution is 7.07. The molecule has 0 fully saturated rings. The first kappa shape index (κ1) is 24.9. The van der Waals surface area contributed by atoms with Gasteiger partial charge in [0.25, 0.3) is 5.56 Å². The summed E-state index contributed by atoms with van der Waals surface area (Å²) in [4.78, 5) is 37.4. The Bertz CT molecular complexity index is 1390. The van der Waals surface area contributed by atoms with Crippen LogP contribution >= 0.6 is 11.3 Å². The first-order valence-corrected chi connectivity index (χ1v) is 10.7. The van der Waals surface area contributed by atoms with Crippen LogP contribution in [0.3, 0.4) is 0 Å². The molecule has 2 aromatic carbocycles. The van der Waals surface area contributed by atoms with Crippen molar-refractivity contribution in [2.75, 3.05) is 11.9 Å². The van der Waals surface area contributed by atoms with E-state index >= 15 is 0 Å². The molecule has 0 aliphatic carbocycles. The summed E-state index contributed by atoms with van der Waals surface area (Å²) in [5.74, 6) is -2.00. The lowest BCUT2D eigenvalue weighted by molar-refractivity contribution is -0.137. The fraction of sp³-hybridized carbons (Fsp3) is 0.174. The fourth-order valence-corrected chi connectivity index (χ4v) is 3.97. The van der Waals surface area contributed by atoms with Crippen LogP contribution in [0.25, 0.3) is 12.2 Å². The number of nitrogens with zero attached hydrogens (tertiary/aromatic N) is 1. The molecule has 0 spiro atoms. The SMILES string of the molecule is CCOC(=O)/C=c1\s/c(=C\c2cccc(C(F)(F)F)c2)c(=O)n1CC(=O)Nc1cccc(F)c1. The molecule has 0 saturated carbocycles. The zero-order valence-corrected chi connectivity index (χ0v) is 18.5. The number of hydrogen-bond acceptors (Lipinski definition) is 5. The Morgan fingerprint density at radius 2 is 1.88 bits per heavy atom. The molecule has 0 radical (unpaired) electrons. The molecule has 1 amide bonds. The van der Waals surface area contributed by atoms with Gasteiger partial charge in [-0.3, -0.25) is 14.2 Å². The van der Waals surface area contributed by atoms with Gasteiger partial charge in [-0.2, -0.15) is 13.2 Å². The minimum Gasteiger partial charge on any atom is -0.463 e. The number of hydrogen-bond donors (Lipinski definition) is 1. The second kappa shape index (κ2) is 10.5. The van der Waals surface area contributed by atoms with Gasteiger partial charge in [0.15, 0.2) is 0 Å². The number of carbonyl (C=O) groups is 2. The molecule has 0 atom stereocenters. The average Bonchev–Trinajstić information content (AvgIpc) is 3.02. The Morgan fingerprint density at radius 3 is 2.56 bits per heavy atom. The van der Waals surface area contributed by atoms with E-state index in [9.17, 15) is 31.9 Å². The molecule has 34 heavy (non-hydrogen) atoms. The van der Waals surface area contributed by atoms with Crippen molar-refractivity contribution in [3.8, 4) is 0 Å². The minimum absolute atomic E-state index is 0.00780. The number of nitrogens with one attached hydrogen (secondary N) is 1. The smallest absolute Gasteiger partial charge is 0.416 e. The van der Waals surface area contributed by atoms with E-state index in [0.29, 0.717) is 0 Å². The summed E-state index contributed by atoms with van der Waals surface area (Å²) in [5.41, 5.74) is -1.29. The van der Waals surface area contributed by atoms with E-state index < -0.39 is 41.5 Å². The van der Waals surface area contributed by atoms with Gasteiger partial charge in [0.1, 0.15) is 17.0 Å². The van der Waals surface area contributed by atoms with Gasteiger partial charge in [-0.05, 0) is 48.9 Å². The Balaban J connectivity index is 2.03. The fourth-order valence-electron chi connectivity index (χ4n) is 2.94. The van der Waals surface area contributed by atoms with Gasteiger partial charge in [-0.25, -0.2) is 9.18 Å². The number of alkyl halides is 3. The lowest BCUT2D eigenvalue weighted by Gasteiger charge is -2.06. The summed E-state index contributed by atoms with van der Waals surface area (Å²) in [6.45, 7) is 1.15. The van der Waals surface area contributed by atoms with Crippen molar-refractivity contribution >= 4 is 41.1 Å². The maximum absolute atomic E-state index is 13.4. The van der Waals surface area contributed by atoms with E-state index in [1.165, 1.54) is 36.4 Å². The predicted octanol–water partition coefficient (Wildman–Crippen LogP) is 2.88. The lowest BCUT2D eigenvalue weighted by Crippen LogP contribution is -2.36. The molecule has 1 heterocycles. The average molecular weight is 494 g/mol. The molecular formula is C23H18F4N2O4S. The molecule has 0 aliphatic rings. The molecule has 0 unspecified atom stereocenters. The molecular weight excluding hydrogens is 476 g/mol. The first-order valence-electron chi connectivity index (χ1n) is 9.89. The maximum Gasteiger partial charge on any atom is 0.416 e. The second-order valence-corrected chi connectivity index (χ2v) is 7.98. The number of carbonyl (C=O) groups excluding carboxylic acids is 2. The number of ether oxygens (including phenoxy) is 1. The number of rotatable bonds is 6. The quantitative estimate of drug-likeness (QED) is 0.423. The highest BCUT2D eigenvalue weighted by Crippen LogP contribution is 2.29. The van der Waals surface area contributed by atoms with Crippen molar-refractivity contribution in [1.29, 1.82) is 0 Å². The molecule has 3 aromatic rings. The molecule has 6 nitrogen and oxygen atoms in total. The molecule has 1 N–H and O–H groups in total. The molecule has 1 aromatic heterocycles. The molecule has 0 bridgehead atoms. The van der Waals surface area contributed by atoms with E-state index in [1.807, 2.05) is 0 Å². The van der Waals surface area contributed by atoms with Gasteiger partial charge in [-0.1, -0.05) is 18.2 Å². The zero-order chi connectivity index (χ0) is 24.9. The number of halogens is 4. The van der Waals surface area contributed by atoms with E-state index in [0.717, 1.165) is 40.2 Å². The Kier molecular flexibility index (Phi) is 7.67. The third-order valence-corrected chi connectivity index (χ3v) is 5.45.